The second kappa shape index (κ2) is 10.9. The van der Waals surface area contributed by atoms with Crippen LogP contribution >= 0.6 is 0 Å². The molecule has 27 heavy (non-hydrogen) atoms. The number of benzene rings is 2. The molecular formula is C22H27F3O2. The standard InChI is InChI=1S/C22H27F3O2/c1-3-5-6-7-16-8-10-17(11-9-16)14-18(23)15-27-20-13-12-19(26-4-2)21(24)22(20)25/h8-13,18H,3-7,14-15H2,1-2H3. The fourth-order valence-corrected chi connectivity index (χ4v) is 2.81. The monoisotopic (exact) mass is 380 g/mol. The van der Waals surface area contributed by atoms with E-state index in [1.165, 1.54) is 30.5 Å². The summed E-state index contributed by atoms with van der Waals surface area (Å²) in [7, 11) is 0. The number of rotatable bonds is 11. The minimum Gasteiger partial charge on any atom is -0.491 e. The van der Waals surface area contributed by atoms with Gasteiger partial charge in [-0.2, -0.15) is 8.78 Å². The maximum Gasteiger partial charge on any atom is 0.204 e. The van der Waals surface area contributed by atoms with Gasteiger partial charge in [-0.3, -0.25) is 0 Å². The lowest BCUT2D eigenvalue weighted by Gasteiger charge is -2.13. The number of ether oxygens (including phenoxy) is 2. The van der Waals surface area contributed by atoms with Gasteiger partial charge in [0.2, 0.25) is 11.6 Å². The van der Waals surface area contributed by atoms with Crippen LogP contribution in [-0.2, 0) is 12.8 Å². The molecule has 2 aromatic rings. The van der Waals surface area contributed by atoms with E-state index in [-0.39, 0.29) is 31.1 Å². The van der Waals surface area contributed by atoms with Gasteiger partial charge in [0, 0.05) is 6.42 Å². The Morgan fingerprint density at radius 1 is 0.815 bits per heavy atom. The Bertz CT molecular complexity index is 701. The molecule has 0 N–H and O–H groups in total. The summed E-state index contributed by atoms with van der Waals surface area (Å²) in [6, 6.07) is 10.4. The van der Waals surface area contributed by atoms with Crippen LogP contribution in [0.5, 0.6) is 11.5 Å². The third kappa shape index (κ3) is 6.49. The minimum absolute atomic E-state index is 0.163. The Kier molecular flexibility index (Phi) is 8.49. The predicted octanol–water partition coefficient (Wildman–Crippen LogP) is 6.06. The van der Waals surface area contributed by atoms with Gasteiger partial charge in [0.1, 0.15) is 12.8 Å². The first kappa shape index (κ1) is 21.1. The van der Waals surface area contributed by atoms with Crippen molar-refractivity contribution in [3.05, 3.63) is 59.2 Å². The molecule has 0 heterocycles. The zero-order valence-electron chi connectivity index (χ0n) is 15.9. The highest BCUT2D eigenvalue weighted by atomic mass is 19.2. The first-order chi connectivity index (χ1) is 13.0. The van der Waals surface area contributed by atoms with Crippen LogP contribution in [0.25, 0.3) is 0 Å². The van der Waals surface area contributed by atoms with Crippen molar-refractivity contribution in [1.29, 1.82) is 0 Å². The minimum atomic E-state index is -1.31. The molecule has 0 fully saturated rings. The lowest BCUT2D eigenvalue weighted by Crippen LogP contribution is -2.16. The van der Waals surface area contributed by atoms with Gasteiger partial charge in [-0.05, 0) is 43.0 Å². The molecule has 0 saturated carbocycles. The summed E-state index contributed by atoms with van der Waals surface area (Å²) >= 11 is 0. The van der Waals surface area contributed by atoms with Crippen LogP contribution in [0.4, 0.5) is 13.2 Å². The van der Waals surface area contributed by atoms with Crippen molar-refractivity contribution in [2.24, 2.45) is 0 Å². The molecule has 5 heteroatoms. The van der Waals surface area contributed by atoms with Crippen LogP contribution in [0.3, 0.4) is 0 Å². The topological polar surface area (TPSA) is 18.5 Å². The lowest BCUT2D eigenvalue weighted by atomic mass is 10.0. The molecule has 0 bridgehead atoms. The third-order valence-electron chi connectivity index (χ3n) is 4.28. The Hall–Kier alpha value is -2.17. The van der Waals surface area contributed by atoms with Gasteiger partial charge in [-0.25, -0.2) is 4.39 Å². The molecule has 2 rings (SSSR count). The van der Waals surface area contributed by atoms with Gasteiger partial charge in [-0.15, -0.1) is 0 Å². The first-order valence-corrected chi connectivity index (χ1v) is 9.50. The van der Waals surface area contributed by atoms with E-state index >= 15 is 0 Å². The smallest absolute Gasteiger partial charge is 0.204 e. The van der Waals surface area contributed by atoms with Gasteiger partial charge in [0.15, 0.2) is 11.5 Å². The highest BCUT2D eigenvalue weighted by Crippen LogP contribution is 2.28. The summed E-state index contributed by atoms with van der Waals surface area (Å²) in [5.41, 5.74) is 2.09. The van der Waals surface area contributed by atoms with E-state index < -0.39 is 17.8 Å². The van der Waals surface area contributed by atoms with Crippen molar-refractivity contribution in [2.75, 3.05) is 13.2 Å². The average Bonchev–Trinajstić information content (AvgIpc) is 2.66. The number of unbranched alkanes of at least 4 members (excludes halogenated alkanes) is 2. The summed E-state index contributed by atoms with van der Waals surface area (Å²) in [5, 5.41) is 0. The molecule has 0 spiro atoms. The highest BCUT2D eigenvalue weighted by Gasteiger charge is 2.17. The van der Waals surface area contributed by atoms with Crippen molar-refractivity contribution < 1.29 is 22.6 Å². The fraction of sp³-hybridized carbons (Fsp3) is 0.455. The predicted molar refractivity (Wildman–Crippen MR) is 101 cm³/mol. The van der Waals surface area contributed by atoms with E-state index in [0.29, 0.717) is 0 Å². The van der Waals surface area contributed by atoms with Crippen LogP contribution in [0.1, 0.15) is 44.2 Å². The quantitative estimate of drug-likeness (QED) is 0.442. The van der Waals surface area contributed by atoms with Crippen LogP contribution in [0, 0.1) is 11.6 Å². The number of hydrogen-bond acceptors (Lipinski definition) is 2. The summed E-state index contributed by atoms with van der Waals surface area (Å²) < 4.78 is 52.0. The van der Waals surface area contributed by atoms with Crippen molar-refractivity contribution in [2.45, 2.75) is 52.1 Å². The van der Waals surface area contributed by atoms with Gasteiger partial charge in [-0.1, -0.05) is 44.0 Å². The molecule has 0 aromatic heterocycles. The van der Waals surface area contributed by atoms with Gasteiger partial charge in [0.25, 0.3) is 0 Å². The van der Waals surface area contributed by atoms with E-state index in [0.717, 1.165) is 18.4 Å². The zero-order valence-corrected chi connectivity index (χ0v) is 15.9. The van der Waals surface area contributed by atoms with E-state index in [1.54, 1.807) is 6.92 Å². The molecule has 0 aliphatic carbocycles. The van der Waals surface area contributed by atoms with Crippen LogP contribution in [-0.4, -0.2) is 19.4 Å². The Morgan fingerprint density at radius 3 is 2.00 bits per heavy atom. The molecular weight excluding hydrogens is 353 g/mol. The van der Waals surface area contributed by atoms with E-state index in [2.05, 4.69) is 6.92 Å². The summed E-state index contributed by atoms with van der Waals surface area (Å²) in [6.45, 7) is 3.72. The molecule has 0 aliphatic rings. The van der Waals surface area contributed by atoms with Crippen molar-refractivity contribution in [1.82, 2.24) is 0 Å². The normalized spacial score (nSPS) is 12.0. The molecule has 1 atom stereocenters. The maximum atomic E-state index is 14.2. The van der Waals surface area contributed by atoms with Crippen molar-refractivity contribution >= 4 is 0 Å². The fourth-order valence-electron chi connectivity index (χ4n) is 2.81. The van der Waals surface area contributed by atoms with Gasteiger partial charge >= 0.3 is 0 Å². The number of hydrogen-bond donors (Lipinski definition) is 0. The SMILES string of the molecule is CCCCCc1ccc(CC(F)COc2ccc(OCC)c(F)c2F)cc1. The van der Waals surface area contributed by atoms with E-state index in [1.807, 2.05) is 24.3 Å². The molecule has 0 amide bonds. The van der Waals surface area contributed by atoms with Crippen molar-refractivity contribution in [3.63, 3.8) is 0 Å². The van der Waals surface area contributed by atoms with Crippen LogP contribution in [0.15, 0.2) is 36.4 Å². The average molecular weight is 380 g/mol. The number of aryl methyl sites for hydroxylation is 1. The van der Waals surface area contributed by atoms with E-state index in [9.17, 15) is 13.2 Å². The Balaban J connectivity index is 1.85. The van der Waals surface area contributed by atoms with E-state index in [4.69, 9.17) is 9.47 Å². The molecule has 148 valence electrons. The Labute approximate surface area is 159 Å². The highest BCUT2D eigenvalue weighted by molar-refractivity contribution is 5.35. The largest absolute Gasteiger partial charge is 0.491 e. The van der Waals surface area contributed by atoms with Crippen LogP contribution in [0.2, 0.25) is 0 Å². The number of alkyl halides is 1. The second-order valence-corrected chi connectivity index (χ2v) is 6.51. The lowest BCUT2D eigenvalue weighted by molar-refractivity contribution is 0.187. The molecule has 1 unspecified atom stereocenters. The Morgan fingerprint density at radius 2 is 1.41 bits per heavy atom. The zero-order chi connectivity index (χ0) is 19.6. The molecule has 2 aromatic carbocycles. The maximum absolute atomic E-state index is 14.2. The van der Waals surface area contributed by atoms with Gasteiger partial charge in [0.05, 0.1) is 6.61 Å². The molecule has 0 aliphatic heterocycles. The van der Waals surface area contributed by atoms with Crippen molar-refractivity contribution in [3.8, 4) is 11.5 Å². The molecule has 0 radical (unpaired) electrons. The molecule has 0 saturated heterocycles. The first-order valence-electron chi connectivity index (χ1n) is 9.50. The third-order valence-corrected chi connectivity index (χ3v) is 4.28. The number of halogens is 3. The second-order valence-electron chi connectivity index (χ2n) is 6.51. The summed E-state index contributed by atoms with van der Waals surface area (Å²) in [4.78, 5) is 0. The summed E-state index contributed by atoms with van der Waals surface area (Å²) in [5.74, 6) is -2.78. The van der Waals surface area contributed by atoms with Gasteiger partial charge < -0.3 is 9.47 Å². The molecule has 2 nitrogen and oxygen atoms in total. The van der Waals surface area contributed by atoms with Crippen LogP contribution < -0.4 is 9.47 Å². The summed E-state index contributed by atoms with van der Waals surface area (Å²) in [6.07, 6.45) is 3.41.